The van der Waals surface area contributed by atoms with Gasteiger partial charge in [0.15, 0.2) is 6.61 Å². The average Bonchev–Trinajstić information content (AvgIpc) is 3.21. The monoisotopic (exact) mass is 262 g/mol. The van der Waals surface area contributed by atoms with Crippen molar-refractivity contribution in [2.45, 2.75) is 38.8 Å². The van der Waals surface area contributed by atoms with Crippen molar-refractivity contribution in [3.8, 4) is 5.75 Å². The Morgan fingerprint density at radius 1 is 1.42 bits per heavy atom. The molecule has 0 saturated heterocycles. The molecule has 4 nitrogen and oxygen atoms in total. The maximum atomic E-state index is 11.5. The predicted octanol–water partition coefficient (Wildman–Crippen LogP) is 1.84. The number of rotatable bonds is 8. The van der Waals surface area contributed by atoms with E-state index in [0.717, 1.165) is 38.1 Å². The average molecular weight is 262 g/mol. The van der Waals surface area contributed by atoms with Gasteiger partial charge in [-0.3, -0.25) is 4.79 Å². The highest BCUT2D eigenvalue weighted by Gasteiger charge is 2.23. The van der Waals surface area contributed by atoms with E-state index in [4.69, 9.17) is 4.74 Å². The normalized spacial score (nSPS) is 14.2. The lowest BCUT2D eigenvalue weighted by Gasteiger charge is -2.09. The molecule has 1 saturated carbocycles. The summed E-state index contributed by atoms with van der Waals surface area (Å²) in [7, 11) is 0. The fourth-order valence-corrected chi connectivity index (χ4v) is 1.80. The van der Waals surface area contributed by atoms with Gasteiger partial charge in [0.1, 0.15) is 5.75 Å². The quantitative estimate of drug-likeness (QED) is 0.703. The van der Waals surface area contributed by atoms with Gasteiger partial charge in [0, 0.05) is 12.6 Å². The Morgan fingerprint density at radius 3 is 3.00 bits per heavy atom. The number of amides is 1. The second kappa shape index (κ2) is 7.14. The summed E-state index contributed by atoms with van der Waals surface area (Å²) in [5.74, 6) is 0.721. The topological polar surface area (TPSA) is 50.4 Å². The van der Waals surface area contributed by atoms with Gasteiger partial charge in [0.25, 0.3) is 5.91 Å². The van der Waals surface area contributed by atoms with Crippen LogP contribution in [0.3, 0.4) is 0 Å². The molecular weight excluding hydrogens is 240 g/mol. The van der Waals surface area contributed by atoms with Gasteiger partial charge in [-0.25, -0.2) is 0 Å². The molecule has 4 heteroatoms. The van der Waals surface area contributed by atoms with Crippen LogP contribution in [0.15, 0.2) is 24.3 Å². The Labute approximate surface area is 114 Å². The maximum absolute atomic E-state index is 11.5. The van der Waals surface area contributed by atoms with Gasteiger partial charge in [-0.2, -0.15) is 0 Å². The lowest BCUT2D eigenvalue weighted by atomic mass is 10.2. The first kappa shape index (κ1) is 13.9. The maximum Gasteiger partial charge on any atom is 0.258 e. The smallest absolute Gasteiger partial charge is 0.258 e. The van der Waals surface area contributed by atoms with Crippen LogP contribution in [0.2, 0.25) is 0 Å². The first-order valence-electron chi connectivity index (χ1n) is 6.99. The third-order valence-electron chi connectivity index (χ3n) is 2.97. The number of carbonyl (C=O) groups excluding carboxylic acids is 1. The molecule has 1 aromatic rings. The van der Waals surface area contributed by atoms with Crippen molar-refractivity contribution in [2.24, 2.45) is 0 Å². The van der Waals surface area contributed by atoms with E-state index in [1.54, 1.807) is 0 Å². The minimum Gasteiger partial charge on any atom is -0.484 e. The Balaban J connectivity index is 1.75. The fraction of sp³-hybridized carbons (Fsp3) is 0.533. The van der Waals surface area contributed by atoms with Crippen LogP contribution in [0.5, 0.6) is 5.75 Å². The van der Waals surface area contributed by atoms with Crippen LogP contribution in [0.4, 0.5) is 0 Å². The van der Waals surface area contributed by atoms with Gasteiger partial charge < -0.3 is 15.4 Å². The zero-order chi connectivity index (χ0) is 13.5. The predicted molar refractivity (Wildman–Crippen MR) is 75.1 cm³/mol. The molecule has 0 radical (unpaired) electrons. The van der Waals surface area contributed by atoms with Crippen LogP contribution in [0.25, 0.3) is 0 Å². The second-order valence-electron chi connectivity index (χ2n) is 4.95. The minimum atomic E-state index is -0.0305. The van der Waals surface area contributed by atoms with E-state index in [9.17, 15) is 4.79 Å². The molecule has 2 N–H and O–H groups in total. The largest absolute Gasteiger partial charge is 0.484 e. The number of ether oxygens (including phenoxy) is 1. The third-order valence-corrected chi connectivity index (χ3v) is 2.97. The minimum absolute atomic E-state index is 0.0305. The zero-order valence-electron chi connectivity index (χ0n) is 11.4. The summed E-state index contributed by atoms with van der Waals surface area (Å²) in [5, 5.41) is 6.25. The summed E-state index contributed by atoms with van der Waals surface area (Å²) < 4.78 is 5.50. The van der Waals surface area contributed by atoms with Crippen LogP contribution in [0.1, 0.15) is 31.7 Å². The molecule has 1 aromatic carbocycles. The van der Waals surface area contributed by atoms with Crippen molar-refractivity contribution in [3.05, 3.63) is 29.8 Å². The first-order chi connectivity index (χ1) is 9.28. The van der Waals surface area contributed by atoms with Gasteiger partial charge in [-0.15, -0.1) is 0 Å². The summed E-state index contributed by atoms with van der Waals surface area (Å²) in [6, 6.07) is 8.26. The number of hydrogen-bond acceptors (Lipinski definition) is 3. The Hall–Kier alpha value is -1.55. The highest BCUT2D eigenvalue weighted by atomic mass is 16.5. The van der Waals surface area contributed by atoms with Crippen LogP contribution < -0.4 is 15.4 Å². The van der Waals surface area contributed by atoms with E-state index >= 15 is 0 Å². The highest BCUT2D eigenvalue weighted by Crippen LogP contribution is 2.18. The molecule has 0 aromatic heterocycles. The first-order valence-corrected chi connectivity index (χ1v) is 6.99. The fourth-order valence-electron chi connectivity index (χ4n) is 1.80. The second-order valence-corrected chi connectivity index (χ2v) is 4.95. The molecule has 2 rings (SSSR count). The van der Waals surface area contributed by atoms with Gasteiger partial charge in [-0.1, -0.05) is 19.1 Å². The Morgan fingerprint density at radius 2 is 2.26 bits per heavy atom. The van der Waals surface area contributed by atoms with Crippen LogP contribution in [-0.4, -0.2) is 25.1 Å². The molecule has 1 aliphatic carbocycles. The number of benzene rings is 1. The van der Waals surface area contributed by atoms with Gasteiger partial charge in [-0.05, 0) is 43.5 Å². The molecule has 0 atom stereocenters. The summed E-state index contributed by atoms with van der Waals surface area (Å²) in [6.45, 7) is 4.08. The van der Waals surface area contributed by atoms with Crippen molar-refractivity contribution in [1.29, 1.82) is 0 Å². The summed E-state index contributed by atoms with van der Waals surface area (Å²) in [6.07, 6.45) is 3.33. The summed E-state index contributed by atoms with van der Waals surface area (Å²) >= 11 is 0. The molecule has 0 aliphatic heterocycles. The molecule has 0 bridgehead atoms. The van der Waals surface area contributed by atoms with Gasteiger partial charge >= 0.3 is 0 Å². The molecule has 0 unspecified atom stereocenters. The zero-order valence-corrected chi connectivity index (χ0v) is 11.4. The highest BCUT2D eigenvalue weighted by molar-refractivity contribution is 5.78. The Bertz CT molecular complexity index is 416. The standard InChI is InChI=1S/C15H22N2O2/c1-2-8-16-10-12-4-3-5-14(9-12)19-11-15(18)17-13-6-7-13/h3-5,9,13,16H,2,6-8,10-11H2,1H3,(H,17,18). The van der Waals surface area contributed by atoms with Crippen molar-refractivity contribution in [3.63, 3.8) is 0 Å². The SMILES string of the molecule is CCCNCc1cccc(OCC(=O)NC2CC2)c1. The third kappa shape index (κ3) is 5.30. The van der Waals surface area contributed by atoms with E-state index in [2.05, 4.69) is 23.6 Å². The lowest BCUT2D eigenvalue weighted by Crippen LogP contribution is -2.30. The van der Waals surface area contributed by atoms with Crippen molar-refractivity contribution in [1.82, 2.24) is 10.6 Å². The number of hydrogen-bond donors (Lipinski definition) is 2. The van der Waals surface area contributed by atoms with E-state index < -0.39 is 0 Å². The van der Waals surface area contributed by atoms with Crippen molar-refractivity contribution in [2.75, 3.05) is 13.2 Å². The summed E-state index contributed by atoms with van der Waals surface area (Å²) in [4.78, 5) is 11.5. The van der Waals surface area contributed by atoms with E-state index in [1.807, 2.05) is 18.2 Å². The molecule has 1 fully saturated rings. The van der Waals surface area contributed by atoms with E-state index in [1.165, 1.54) is 5.56 Å². The van der Waals surface area contributed by atoms with Gasteiger partial charge in [0.2, 0.25) is 0 Å². The molecule has 104 valence electrons. The van der Waals surface area contributed by atoms with Crippen molar-refractivity contribution < 1.29 is 9.53 Å². The molecule has 0 spiro atoms. The number of nitrogens with one attached hydrogen (secondary N) is 2. The van der Waals surface area contributed by atoms with Crippen LogP contribution in [-0.2, 0) is 11.3 Å². The van der Waals surface area contributed by atoms with E-state index in [-0.39, 0.29) is 12.5 Å². The Kier molecular flexibility index (Phi) is 5.21. The van der Waals surface area contributed by atoms with Crippen LogP contribution in [0, 0.1) is 0 Å². The van der Waals surface area contributed by atoms with Crippen LogP contribution >= 0.6 is 0 Å². The summed E-state index contributed by atoms with van der Waals surface area (Å²) in [5.41, 5.74) is 1.17. The molecule has 19 heavy (non-hydrogen) atoms. The molecular formula is C15H22N2O2. The van der Waals surface area contributed by atoms with Gasteiger partial charge in [0.05, 0.1) is 0 Å². The lowest BCUT2D eigenvalue weighted by molar-refractivity contribution is -0.123. The molecule has 0 heterocycles. The van der Waals surface area contributed by atoms with Crippen molar-refractivity contribution >= 4 is 5.91 Å². The molecule has 1 aliphatic rings. The number of carbonyl (C=O) groups is 1. The molecule has 1 amide bonds. The van der Waals surface area contributed by atoms with E-state index in [0.29, 0.717) is 6.04 Å².